The van der Waals surface area contributed by atoms with Crippen molar-refractivity contribution in [2.75, 3.05) is 0 Å². The Morgan fingerprint density at radius 1 is 1.20 bits per heavy atom. The Balaban J connectivity index is 0. The molecule has 5 heavy (non-hydrogen) atoms. The number of hydrogen-bond donors (Lipinski definition) is 0. The van der Waals surface area contributed by atoms with Crippen molar-refractivity contribution >= 4 is 9.29 Å². The van der Waals surface area contributed by atoms with Crippen LogP contribution in [0.15, 0.2) is 0 Å². The summed E-state index contributed by atoms with van der Waals surface area (Å²) in [6.45, 7) is 0. The quantitative estimate of drug-likeness (QED) is 0.537. The minimum atomic E-state index is -1.42. The van der Waals surface area contributed by atoms with E-state index < -0.39 is 9.29 Å². The first-order valence-corrected chi connectivity index (χ1v) is 2.72. The molecule has 27 valence electrons. The van der Waals surface area contributed by atoms with Crippen molar-refractivity contribution in [2.45, 2.75) is 0 Å². The van der Waals surface area contributed by atoms with Gasteiger partial charge in [0, 0.05) is 0 Å². The van der Waals surface area contributed by atoms with Crippen LogP contribution in [0.4, 0.5) is 0 Å². The normalized spacial score (nSPS) is 2.20. The van der Waals surface area contributed by atoms with E-state index in [0.29, 0.717) is 0 Å². The van der Waals surface area contributed by atoms with Crippen molar-refractivity contribution < 1.29 is 33.2 Å². The van der Waals surface area contributed by atoms with Crippen LogP contribution in [0, 0.1) is 0 Å². The Bertz CT molecular complexity index is 36.2. The van der Waals surface area contributed by atoms with Gasteiger partial charge in [-0.05, 0) is 0 Å². The molecule has 0 radical (unpaired) electrons. The van der Waals surface area contributed by atoms with Crippen LogP contribution in [-0.4, -0.2) is 9.29 Å². The van der Waals surface area contributed by atoms with Crippen molar-refractivity contribution in [3.63, 3.8) is 0 Å². The predicted molar refractivity (Wildman–Crippen MR) is 7.81 cm³/mol. The van der Waals surface area contributed by atoms with E-state index in [0.717, 1.165) is 0 Å². The van der Waals surface area contributed by atoms with E-state index in [1.165, 1.54) is 0 Å². The van der Waals surface area contributed by atoms with Crippen molar-refractivity contribution in [1.82, 2.24) is 0 Å². The Hall–Kier alpha value is 0.357. The summed E-state index contributed by atoms with van der Waals surface area (Å²) in [5.41, 5.74) is 0. The van der Waals surface area contributed by atoms with Crippen LogP contribution in [0.3, 0.4) is 0 Å². The Labute approximate surface area is 43.0 Å². The summed E-state index contributed by atoms with van der Waals surface area (Å²) in [4.78, 5) is 0. The maximum absolute atomic E-state index is 8.40. The molecule has 0 unspecified atom stereocenters. The third-order valence-electron chi connectivity index (χ3n) is 0. The molecule has 0 aromatic heterocycles. The minimum absolute atomic E-state index is 0.194. The summed E-state index contributed by atoms with van der Waals surface area (Å²) in [5, 5.41) is 0. The molecule has 0 saturated heterocycles. The second-order valence-corrected chi connectivity index (χ2v) is 0.250. The monoisotopic (exact) mass is 257 g/mol. The topological polar surface area (TPSA) is 51.2 Å². The van der Waals surface area contributed by atoms with E-state index >= 15 is 0 Å². The van der Waals surface area contributed by atoms with Gasteiger partial charge in [-0.3, -0.25) is 8.92 Å². The van der Waals surface area contributed by atoms with Crippen LogP contribution < -0.4 is 0 Å². The molecule has 0 amide bonds. The average Bonchev–Trinajstić information content (AvgIpc) is 1.46. The van der Waals surface area contributed by atoms with E-state index in [2.05, 4.69) is 0 Å². The van der Waals surface area contributed by atoms with Crippen LogP contribution in [0.2, 0.25) is 0 Å². The summed E-state index contributed by atoms with van der Waals surface area (Å²) >= 11 is 0.194. The van der Waals surface area contributed by atoms with E-state index in [1.54, 1.807) is 0 Å². The summed E-state index contributed by atoms with van der Waals surface area (Å²) in [6.07, 6.45) is 0. The van der Waals surface area contributed by atoms with Crippen LogP contribution >= 0.6 is 0 Å². The van der Waals surface area contributed by atoms with Gasteiger partial charge in [0.15, 0.2) is 0 Å². The second kappa shape index (κ2) is 26.7. The standard InChI is InChI=1S/O2Si.O.Ta/c1-3-2;;. The van der Waals surface area contributed by atoms with Crippen LogP contribution in [-0.2, 0) is 33.2 Å². The summed E-state index contributed by atoms with van der Waals surface area (Å²) in [7, 11) is -1.42. The molecule has 0 fully saturated rings. The van der Waals surface area contributed by atoms with E-state index in [-0.39, 0.29) is 21.0 Å². The van der Waals surface area contributed by atoms with Gasteiger partial charge < -0.3 is 0 Å². The molecule has 0 aliphatic carbocycles. The molecule has 3 nitrogen and oxygen atoms in total. The van der Waals surface area contributed by atoms with Gasteiger partial charge in [-0.2, -0.15) is 0 Å². The van der Waals surface area contributed by atoms with E-state index in [9.17, 15) is 0 Å². The summed E-state index contributed by atoms with van der Waals surface area (Å²) < 4.78 is 25.2. The maximum atomic E-state index is 8.40. The zero-order chi connectivity index (χ0) is 4.71. The van der Waals surface area contributed by atoms with Crippen molar-refractivity contribution in [2.24, 2.45) is 0 Å². The zero-order valence-corrected chi connectivity index (χ0v) is 6.39. The molecule has 0 aliphatic heterocycles. The third-order valence-corrected chi connectivity index (χ3v) is 0. The van der Waals surface area contributed by atoms with Crippen LogP contribution in [0.25, 0.3) is 0 Å². The van der Waals surface area contributed by atoms with Crippen molar-refractivity contribution in [3.05, 3.63) is 0 Å². The van der Waals surface area contributed by atoms with Gasteiger partial charge in [0.05, 0.1) is 0 Å². The third kappa shape index (κ3) is 190. The Morgan fingerprint density at radius 3 is 1.20 bits per heavy atom. The SMILES string of the molecule is O=[Si]=O.[O]=[Ta]. The van der Waals surface area contributed by atoms with Gasteiger partial charge in [0.2, 0.25) is 0 Å². The van der Waals surface area contributed by atoms with Gasteiger partial charge in [0.25, 0.3) is 0 Å². The Kier molecular flexibility index (Phi) is 48.1. The molecule has 0 N–H and O–H groups in total. The Morgan fingerprint density at radius 2 is 1.20 bits per heavy atom. The fourth-order valence-corrected chi connectivity index (χ4v) is 0. The van der Waals surface area contributed by atoms with Gasteiger partial charge in [-0.25, -0.2) is 0 Å². The van der Waals surface area contributed by atoms with E-state index in [4.69, 9.17) is 12.2 Å². The molecule has 0 heterocycles. The number of rotatable bonds is 0. The molecule has 0 aromatic carbocycles. The van der Waals surface area contributed by atoms with Crippen molar-refractivity contribution in [3.8, 4) is 0 Å². The molecule has 0 spiro atoms. The first-order chi connectivity index (χ1) is 2.41. The second-order valence-electron chi connectivity index (χ2n) is 0.0833. The first-order valence-electron chi connectivity index (χ1n) is 0.591. The van der Waals surface area contributed by atoms with Crippen molar-refractivity contribution in [1.29, 1.82) is 0 Å². The van der Waals surface area contributed by atoms with Gasteiger partial charge in [-0.15, -0.1) is 0 Å². The molecule has 0 rings (SSSR count). The predicted octanol–water partition coefficient (Wildman–Crippen LogP) is -0.740. The number of hydrogen-bond acceptors (Lipinski definition) is 3. The molecule has 0 bridgehead atoms. The van der Waals surface area contributed by atoms with E-state index in [1.807, 2.05) is 0 Å². The molecule has 0 aliphatic rings. The fraction of sp³-hybridized carbons (Fsp3) is 0. The molecule has 0 saturated carbocycles. The molecule has 5 heteroatoms. The molecular formula is O3SiTa. The van der Waals surface area contributed by atoms with Gasteiger partial charge in [0.1, 0.15) is 0 Å². The summed E-state index contributed by atoms with van der Waals surface area (Å²) in [5.74, 6) is 0. The first kappa shape index (κ1) is 9.02. The molecule has 0 aromatic rings. The zero-order valence-electron chi connectivity index (χ0n) is 2.17. The molecular weight excluding hydrogens is 257 g/mol. The fourth-order valence-electron chi connectivity index (χ4n) is 0. The average molecular weight is 257 g/mol. The summed E-state index contributed by atoms with van der Waals surface area (Å²) in [6, 6.07) is 0. The van der Waals surface area contributed by atoms with Crippen LogP contribution in [0.5, 0.6) is 0 Å². The van der Waals surface area contributed by atoms with Gasteiger partial charge >= 0.3 is 33.6 Å². The molecule has 0 atom stereocenters. The van der Waals surface area contributed by atoms with Crippen LogP contribution in [0.1, 0.15) is 0 Å². The van der Waals surface area contributed by atoms with Gasteiger partial charge in [-0.1, -0.05) is 0 Å².